The lowest BCUT2D eigenvalue weighted by Gasteiger charge is -2.37. The fraction of sp³-hybridized carbons (Fsp3) is 0.562. The molecule has 4 nitrogen and oxygen atoms in total. The molecule has 2 aliphatic rings. The molecule has 1 saturated heterocycles. The van der Waals surface area contributed by atoms with Crippen LogP contribution in [0.2, 0.25) is 0 Å². The molecule has 3 N–H and O–H groups in total. The number of fused-ring (bicyclic) bond motifs is 1. The van der Waals surface area contributed by atoms with Crippen molar-refractivity contribution in [1.82, 2.24) is 4.90 Å². The molecule has 3 rings (SSSR count). The summed E-state index contributed by atoms with van der Waals surface area (Å²) in [6.45, 7) is 4.99. The number of nitrogens with two attached hydrogens (primary N) is 1. The van der Waals surface area contributed by atoms with Crippen LogP contribution >= 0.6 is 12.4 Å². The molecule has 0 saturated carbocycles. The van der Waals surface area contributed by atoms with Crippen LogP contribution in [0.4, 0.5) is 5.69 Å². The van der Waals surface area contributed by atoms with Gasteiger partial charge in [-0.1, -0.05) is 25.1 Å². The Balaban J connectivity index is 0.00000161. The molecule has 1 fully saturated rings. The number of para-hydroxylation sites is 1. The molecule has 2 unspecified atom stereocenters. The standard InChI is InChI=1S/C16H23N3O.ClH/c1-11-6-8-19(14(9-11)16(17)20)10-13-4-2-3-12-5-7-18-15(12)13;/h2-4,11,14,18H,5-10H2,1H3,(H2,17,20);1H. The van der Waals surface area contributed by atoms with Gasteiger partial charge in [-0.25, -0.2) is 0 Å². The summed E-state index contributed by atoms with van der Waals surface area (Å²) < 4.78 is 0. The van der Waals surface area contributed by atoms with Crippen LogP contribution in [0.15, 0.2) is 18.2 Å². The average molecular weight is 310 g/mol. The Labute approximate surface area is 132 Å². The number of likely N-dealkylation sites (tertiary alicyclic amines) is 1. The minimum absolute atomic E-state index is 0. The molecule has 2 atom stereocenters. The van der Waals surface area contributed by atoms with Gasteiger partial charge in [0.1, 0.15) is 0 Å². The number of anilines is 1. The van der Waals surface area contributed by atoms with Gasteiger partial charge in [0, 0.05) is 18.8 Å². The van der Waals surface area contributed by atoms with Crippen molar-refractivity contribution in [2.24, 2.45) is 11.7 Å². The van der Waals surface area contributed by atoms with E-state index in [-0.39, 0.29) is 24.4 Å². The number of rotatable bonds is 3. The summed E-state index contributed by atoms with van der Waals surface area (Å²) in [6, 6.07) is 6.35. The zero-order valence-corrected chi connectivity index (χ0v) is 13.3. The second-order valence-corrected chi connectivity index (χ2v) is 6.15. The van der Waals surface area contributed by atoms with Gasteiger partial charge in [-0.15, -0.1) is 12.4 Å². The third-order valence-corrected chi connectivity index (χ3v) is 4.61. The number of amides is 1. The molecule has 1 amide bonds. The Bertz CT molecular complexity index is 520. The van der Waals surface area contributed by atoms with Crippen LogP contribution < -0.4 is 11.1 Å². The zero-order chi connectivity index (χ0) is 14.1. The highest BCUT2D eigenvalue weighted by Crippen LogP contribution is 2.30. The van der Waals surface area contributed by atoms with Gasteiger partial charge in [-0.2, -0.15) is 0 Å². The van der Waals surface area contributed by atoms with Crippen LogP contribution in [0.1, 0.15) is 30.9 Å². The van der Waals surface area contributed by atoms with Crippen molar-refractivity contribution >= 4 is 24.0 Å². The van der Waals surface area contributed by atoms with Crippen molar-refractivity contribution in [2.75, 3.05) is 18.4 Å². The van der Waals surface area contributed by atoms with Crippen LogP contribution in [0.5, 0.6) is 0 Å². The summed E-state index contributed by atoms with van der Waals surface area (Å²) in [6.07, 6.45) is 3.13. The van der Waals surface area contributed by atoms with Crippen LogP contribution in [0.25, 0.3) is 0 Å². The van der Waals surface area contributed by atoms with Crippen molar-refractivity contribution in [3.05, 3.63) is 29.3 Å². The first-order valence-electron chi connectivity index (χ1n) is 7.53. The van der Waals surface area contributed by atoms with Crippen molar-refractivity contribution in [3.8, 4) is 0 Å². The normalized spacial score (nSPS) is 24.8. The van der Waals surface area contributed by atoms with Gasteiger partial charge < -0.3 is 11.1 Å². The van der Waals surface area contributed by atoms with E-state index in [2.05, 4.69) is 35.3 Å². The number of nitrogens with zero attached hydrogens (tertiary/aromatic N) is 1. The van der Waals surface area contributed by atoms with Gasteiger partial charge in [0.15, 0.2) is 0 Å². The van der Waals surface area contributed by atoms with Gasteiger partial charge in [-0.05, 0) is 42.9 Å². The molecule has 1 aromatic rings. The monoisotopic (exact) mass is 309 g/mol. The van der Waals surface area contributed by atoms with Crippen molar-refractivity contribution < 1.29 is 4.79 Å². The fourth-order valence-corrected chi connectivity index (χ4v) is 3.44. The molecule has 0 spiro atoms. The van der Waals surface area contributed by atoms with E-state index in [4.69, 9.17) is 5.73 Å². The van der Waals surface area contributed by atoms with Gasteiger partial charge in [0.05, 0.1) is 6.04 Å². The lowest BCUT2D eigenvalue weighted by molar-refractivity contribution is -0.125. The zero-order valence-electron chi connectivity index (χ0n) is 12.5. The average Bonchev–Trinajstić information content (AvgIpc) is 2.90. The van der Waals surface area contributed by atoms with E-state index in [0.717, 1.165) is 38.9 Å². The highest BCUT2D eigenvalue weighted by Gasteiger charge is 2.31. The Morgan fingerprint density at radius 2 is 2.29 bits per heavy atom. The SMILES string of the molecule is CC1CCN(Cc2cccc3c2NCC3)C(C(N)=O)C1.Cl. The Morgan fingerprint density at radius 3 is 3.05 bits per heavy atom. The molecule has 0 aromatic heterocycles. The Kier molecular flexibility index (Phi) is 5.12. The third-order valence-electron chi connectivity index (χ3n) is 4.61. The Hall–Kier alpha value is -1.26. The minimum Gasteiger partial charge on any atom is -0.384 e. The number of hydrogen-bond acceptors (Lipinski definition) is 3. The molecule has 2 aliphatic heterocycles. The Morgan fingerprint density at radius 1 is 1.48 bits per heavy atom. The molecule has 5 heteroatoms. The fourth-order valence-electron chi connectivity index (χ4n) is 3.44. The number of nitrogens with one attached hydrogen (secondary N) is 1. The lowest BCUT2D eigenvalue weighted by atomic mass is 9.91. The predicted octanol–water partition coefficient (Wildman–Crippen LogP) is 2.16. The summed E-state index contributed by atoms with van der Waals surface area (Å²) in [7, 11) is 0. The van der Waals surface area contributed by atoms with Crippen LogP contribution in [0, 0.1) is 5.92 Å². The summed E-state index contributed by atoms with van der Waals surface area (Å²) in [5.41, 5.74) is 9.55. The molecule has 0 radical (unpaired) electrons. The van der Waals surface area contributed by atoms with E-state index >= 15 is 0 Å². The maximum Gasteiger partial charge on any atom is 0.234 e. The maximum absolute atomic E-state index is 11.7. The minimum atomic E-state index is -0.183. The van der Waals surface area contributed by atoms with E-state index < -0.39 is 0 Å². The highest BCUT2D eigenvalue weighted by molar-refractivity contribution is 5.85. The second kappa shape index (κ2) is 6.67. The first kappa shape index (κ1) is 16.1. The first-order chi connectivity index (χ1) is 9.65. The second-order valence-electron chi connectivity index (χ2n) is 6.15. The molecule has 1 aromatic carbocycles. The van der Waals surface area contributed by atoms with Gasteiger partial charge in [0.2, 0.25) is 5.91 Å². The van der Waals surface area contributed by atoms with Gasteiger partial charge in [0.25, 0.3) is 0 Å². The molecular formula is C16H24ClN3O. The number of carbonyl (C=O) groups is 1. The van der Waals surface area contributed by atoms with E-state index in [1.807, 2.05) is 0 Å². The number of carbonyl (C=O) groups excluding carboxylic acids is 1. The molecule has 0 bridgehead atoms. The molecule has 116 valence electrons. The van der Waals surface area contributed by atoms with Gasteiger partial charge in [-0.3, -0.25) is 9.69 Å². The smallest absolute Gasteiger partial charge is 0.234 e. The van der Waals surface area contributed by atoms with Crippen molar-refractivity contribution in [1.29, 1.82) is 0 Å². The number of hydrogen-bond donors (Lipinski definition) is 2. The summed E-state index contributed by atoms with van der Waals surface area (Å²) in [5.74, 6) is 0.403. The van der Waals surface area contributed by atoms with Crippen molar-refractivity contribution in [3.63, 3.8) is 0 Å². The van der Waals surface area contributed by atoms with Gasteiger partial charge >= 0.3 is 0 Å². The third kappa shape index (κ3) is 3.33. The summed E-state index contributed by atoms with van der Waals surface area (Å²) in [5, 5.41) is 3.47. The van der Waals surface area contributed by atoms with Crippen LogP contribution in [0.3, 0.4) is 0 Å². The quantitative estimate of drug-likeness (QED) is 0.899. The molecule has 21 heavy (non-hydrogen) atoms. The predicted molar refractivity (Wildman–Crippen MR) is 87.7 cm³/mol. The van der Waals surface area contributed by atoms with E-state index in [1.165, 1.54) is 16.8 Å². The van der Waals surface area contributed by atoms with Crippen molar-refractivity contribution in [2.45, 2.75) is 38.8 Å². The number of primary amides is 1. The molecule has 2 heterocycles. The lowest BCUT2D eigenvalue weighted by Crippen LogP contribution is -2.49. The highest BCUT2D eigenvalue weighted by atomic mass is 35.5. The number of halogens is 1. The molecule has 0 aliphatic carbocycles. The van der Waals surface area contributed by atoms with E-state index in [9.17, 15) is 4.79 Å². The largest absolute Gasteiger partial charge is 0.384 e. The molecular weight excluding hydrogens is 286 g/mol. The number of piperidine rings is 1. The number of benzene rings is 1. The topological polar surface area (TPSA) is 58.4 Å². The summed E-state index contributed by atoms with van der Waals surface area (Å²) in [4.78, 5) is 13.9. The van der Waals surface area contributed by atoms with Crippen LogP contribution in [-0.4, -0.2) is 29.9 Å². The van der Waals surface area contributed by atoms with Crippen LogP contribution in [-0.2, 0) is 17.8 Å². The van der Waals surface area contributed by atoms with E-state index in [0.29, 0.717) is 5.92 Å². The summed E-state index contributed by atoms with van der Waals surface area (Å²) >= 11 is 0. The van der Waals surface area contributed by atoms with E-state index in [1.54, 1.807) is 0 Å². The maximum atomic E-state index is 11.7. The first-order valence-corrected chi connectivity index (χ1v) is 7.53.